The van der Waals surface area contributed by atoms with Gasteiger partial charge < -0.3 is 19.7 Å². The average molecular weight is 417 g/mol. The van der Waals surface area contributed by atoms with Crippen LogP contribution in [0.15, 0.2) is 48.5 Å². The molecule has 0 atom stereocenters. The predicted molar refractivity (Wildman–Crippen MR) is 131 cm³/mol. The number of benzene rings is 2. The number of anilines is 1. The van der Waals surface area contributed by atoms with Crippen LogP contribution in [0.25, 0.3) is 33.2 Å². The molecule has 0 aliphatic heterocycles. The number of likely N-dealkylation sites (N-methyl/N-ethyl adjacent to an activating group) is 2. The Balaban J connectivity index is 1.90. The fourth-order valence-corrected chi connectivity index (χ4v) is 3.97. The van der Waals surface area contributed by atoms with Gasteiger partial charge in [-0.3, -0.25) is 0 Å². The van der Waals surface area contributed by atoms with Gasteiger partial charge in [-0.2, -0.15) is 0 Å². The van der Waals surface area contributed by atoms with Crippen LogP contribution < -0.4 is 5.32 Å². The molecule has 0 unspecified atom stereocenters. The van der Waals surface area contributed by atoms with Crippen LogP contribution in [0.1, 0.15) is 5.82 Å². The lowest BCUT2D eigenvalue weighted by Gasteiger charge is -2.16. The van der Waals surface area contributed by atoms with E-state index >= 15 is 0 Å². The molecule has 0 saturated carbocycles. The third kappa shape index (κ3) is 4.40. The van der Waals surface area contributed by atoms with Gasteiger partial charge in [0.25, 0.3) is 0 Å². The molecule has 0 saturated heterocycles. The normalized spacial score (nSPS) is 11.8. The zero-order chi connectivity index (χ0) is 22.0. The van der Waals surface area contributed by atoms with Crippen molar-refractivity contribution in [2.75, 3.05) is 53.1 Å². The summed E-state index contributed by atoms with van der Waals surface area (Å²) in [5, 5.41) is 4.75. The number of aromatic nitrogens is 3. The molecule has 0 aliphatic rings. The highest BCUT2D eigenvalue weighted by molar-refractivity contribution is 6.08. The first-order chi connectivity index (χ1) is 15.0. The van der Waals surface area contributed by atoms with E-state index in [1.807, 2.05) is 0 Å². The van der Waals surface area contributed by atoms with Crippen LogP contribution >= 0.6 is 0 Å². The molecular weight excluding hydrogens is 384 g/mol. The van der Waals surface area contributed by atoms with Crippen molar-refractivity contribution >= 4 is 27.6 Å². The highest BCUT2D eigenvalue weighted by Gasteiger charge is 2.19. The van der Waals surface area contributed by atoms with Gasteiger partial charge in [-0.15, -0.1) is 0 Å². The molecule has 0 bridgehead atoms. The second-order valence-corrected chi connectivity index (χ2v) is 8.56. The van der Waals surface area contributed by atoms with E-state index in [-0.39, 0.29) is 0 Å². The maximum absolute atomic E-state index is 5.09. The quantitative estimate of drug-likeness (QED) is 0.469. The molecule has 2 aromatic heterocycles. The summed E-state index contributed by atoms with van der Waals surface area (Å²) in [6, 6.07) is 16.8. The smallest absolute Gasteiger partial charge is 0.116 e. The number of nitrogens with zero attached hydrogens (tertiary/aromatic N) is 5. The predicted octanol–water partition coefficient (Wildman–Crippen LogP) is 4.10. The zero-order valence-electron chi connectivity index (χ0n) is 19.2. The van der Waals surface area contributed by atoms with Gasteiger partial charge in [0, 0.05) is 42.8 Å². The van der Waals surface area contributed by atoms with Crippen LogP contribution in [0.3, 0.4) is 0 Å². The minimum absolute atomic E-state index is 0.872. The summed E-state index contributed by atoms with van der Waals surface area (Å²) >= 11 is 0. The first-order valence-corrected chi connectivity index (χ1v) is 10.8. The van der Waals surface area contributed by atoms with Gasteiger partial charge in [0.1, 0.15) is 17.0 Å². The molecule has 0 radical (unpaired) electrons. The number of para-hydroxylation sites is 2. The fourth-order valence-electron chi connectivity index (χ4n) is 3.97. The second kappa shape index (κ2) is 9.04. The molecule has 0 fully saturated rings. The number of pyridine rings is 1. The lowest BCUT2D eigenvalue weighted by molar-refractivity contribution is 0.384. The third-order valence-corrected chi connectivity index (χ3v) is 5.60. The lowest BCUT2D eigenvalue weighted by Crippen LogP contribution is -2.21. The molecule has 0 spiro atoms. The van der Waals surface area contributed by atoms with Crippen LogP contribution in [0.5, 0.6) is 0 Å². The van der Waals surface area contributed by atoms with Gasteiger partial charge >= 0.3 is 0 Å². The summed E-state index contributed by atoms with van der Waals surface area (Å²) in [4.78, 5) is 14.5. The van der Waals surface area contributed by atoms with Gasteiger partial charge in [0.15, 0.2) is 0 Å². The van der Waals surface area contributed by atoms with Crippen LogP contribution in [0.4, 0.5) is 5.69 Å². The maximum atomic E-state index is 5.09. The first kappa shape index (κ1) is 21.3. The summed E-state index contributed by atoms with van der Waals surface area (Å²) < 4.78 is 2.34. The van der Waals surface area contributed by atoms with Crippen molar-refractivity contribution in [1.82, 2.24) is 24.3 Å². The molecule has 2 heterocycles. The van der Waals surface area contributed by atoms with E-state index in [9.17, 15) is 0 Å². The Labute approximate surface area is 184 Å². The van der Waals surface area contributed by atoms with Crippen molar-refractivity contribution in [1.29, 1.82) is 0 Å². The van der Waals surface area contributed by atoms with E-state index in [0.29, 0.717) is 0 Å². The van der Waals surface area contributed by atoms with Gasteiger partial charge in [-0.1, -0.05) is 36.4 Å². The standard InChI is InChI=1S/C25H32N6/c1-18-27-24-23(19-10-6-8-12-21(19)26-14-15-29(2)3)28-22-13-9-7-11-20(22)25(24)31(18)17-16-30(4)5/h6-13,26H,14-17H2,1-5H3. The number of rotatable bonds is 8. The molecule has 6 heteroatoms. The van der Waals surface area contributed by atoms with Gasteiger partial charge in [0.05, 0.1) is 11.0 Å². The first-order valence-electron chi connectivity index (χ1n) is 10.8. The summed E-state index contributed by atoms with van der Waals surface area (Å²) in [6.45, 7) is 5.78. The van der Waals surface area contributed by atoms with E-state index < -0.39 is 0 Å². The molecule has 4 aromatic rings. The van der Waals surface area contributed by atoms with Crippen molar-refractivity contribution in [3.8, 4) is 11.3 Å². The lowest BCUT2D eigenvalue weighted by atomic mass is 10.0. The number of nitrogens with one attached hydrogen (secondary N) is 1. The Morgan fingerprint density at radius 3 is 2.35 bits per heavy atom. The number of hydrogen-bond donors (Lipinski definition) is 1. The summed E-state index contributed by atoms with van der Waals surface area (Å²) in [7, 11) is 8.39. The number of fused-ring (bicyclic) bond motifs is 3. The Morgan fingerprint density at radius 1 is 0.871 bits per heavy atom. The highest BCUT2D eigenvalue weighted by Crippen LogP contribution is 2.35. The molecule has 0 amide bonds. The molecular formula is C25H32N6. The van der Waals surface area contributed by atoms with E-state index in [1.54, 1.807) is 0 Å². The third-order valence-electron chi connectivity index (χ3n) is 5.60. The Morgan fingerprint density at radius 2 is 1.58 bits per heavy atom. The maximum Gasteiger partial charge on any atom is 0.116 e. The van der Waals surface area contributed by atoms with E-state index in [4.69, 9.17) is 9.97 Å². The van der Waals surface area contributed by atoms with Crippen LogP contribution in [0.2, 0.25) is 0 Å². The van der Waals surface area contributed by atoms with E-state index in [0.717, 1.165) is 65.4 Å². The SMILES string of the molecule is Cc1nc2c(-c3ccccc3NCCN(C)C)nc3ccccc3c2n1CCN(C)C. The van der Waals surface area contributed by atoms with Crippen molar-refractivity contribution in [2.24, 2.45) is 0 Å². The van der Waals surface area contributed by atoms with Crippen LogP contribution in [-0.2, 0) is 6.54 Å². The highest BCUT2D eigenvalue weighted by atomic mass is 15.1. The van der Waals surface area contributed by atoms with Crippen molar-refractivity contribution in [3.05, 3.63) is 54.4 Å². The van der Waals surface area contributed by atoms with Crippen LogP contribution in [0, 0.1) is 6.92 Å². The molecule has 162 valence electrons. The molecule has 1 N–H and O–H groups in total. The largest absolute Gasteiger partial charge is 0.383 e. The topological polar surface area (TPSA) is 49.2 Å². The molecule has 2 aromatic carbocycles. The summed E-state index contributed by atoms with van der Waals surface area (Å²) in [5.41, 5.74) is 6.26. The molecule has 31 heavy (non-hydrogen) atoms. The number of imidazole rings is 1. The summed E-state index contributed by atoms with van der Waals surface area (Å²) in [6.07, 6.45) is 0. The van der Waals surface area contributed by atoms with Gasteiger partial charge in [-0.05, 0) is 47.2 Å². The average Bonchev–Trinajstić information content (AvgIpc) is 3.08. The van der Waals surface area contributed by atoms with Crippen molar-refractivity contribution in [3.63, 3.8) is 0 Å². The number of aryl methyl sites for hydroxylation is 1. The Kier molecular flexibility index (Phi) is 6.20. The van der Waals surface area contributed by atoms with Crippen molar-refractivity contribution < 1.29 is 0 Å². The fraction of sp³-hybridized carbons (Fsp3) is 0.360. The van der Waals surface area contributed by atoms with E-state index in [1.165, 1.54) is 5.52 Å². The second-order valence-electron chi connectivity index (χ2n) is 8.56. The monoisotopic (exact) mass is 416 g/mol. The Hall–Kier alpha value is -2.96. The zero-order valence-corrected chi connectivity index (χ0v) is 19.2. The minimum Gasteiger partial charge on any atom is -0.383 e. The molecule has 4 rings (SSSR count). The number of hydrogen-bond acceptors (Lipinski definition) is 5. The molecule has 0 aliphatic carbocycles. The minimum atomic E-state index is 0.872. The van der Waals surface area contributed by atoms with Crippen LogP contribution in [-0.4, -0.2) is 72.2 Å². The van der Waals surface area contributed by atoms with Crippen molar-refractivity contribution in [2.45, 2.75) is 13.5 Å². The van der Waals surface area contributed by atoms with Gasteiger partial charge in [0.2, 0.25) is 0 Å². The summed E-state index contributed by atoms with van der Waals surface area (Å²) in [5.74, 6) is 1.02. The Bertz CT molecular complexity index is 1190. The molecule has 6 nitrogen and oxygen atoms in total. The van der Waals surface area contributed by atoms with Gasteiger partial charge in [-0.25, -0.2) is 9.97 Å². The van der Waals surface area contributed by atoms with E-state index in [2.05, 4.69) is 103 Å².